The van der Waals surface area contributed by atoms with Gasteiger partial charge in [-0.1, -0.05) is 6.07 Å². The standard InChI is InChI=1S/C20H29N5O3S/c1-20(23-24-20)8-9-25-11-15(12-25)29(27,28)22-19(26)21-18-16-6-2-4-13(16)10-14-5-3-7-17(14)18/h10,15,23-24H,2-9,11-12H2,1H3,(H2,21,22,26). The van der Waals surface area contributed by atoms with Gasteiger partial charge in [0.05, 0.1) is 5.66 Å². The number of benzene rings is 1. The molecule has 1 aromatic carbocycles. The molecule has 8 nitrogen and oxygen atoms in total. The normalized spacial score (nSPS) is 22.7. The van der Waals surface area contributed by atoms with E-state index >= 15 is 0 Å². The maximum Gasteiger partial charge on any atom is 0.332 e. The highest BCUT2D eigenvalue weighted by Crippen LogP contribution is 2.38. The van der Waals surface area contributed by atoms with Crippen LogP contribution in [0.3, 0.4) is 0 Å². The minimum atomic E-state index is -3.68. The summed E-state index contributed by atoms with van der Waals surface area (Å²) in [5.41, 5.74) is 12.0. The number of amides is 2. The van der Waals surface area contributed by atoms with E-state index in [1.807, 2.05) is 0 Å². The Kier molecular flexibility index (Phi) is 4.62. The number of nitrogens with zero attached hydrogens (tertiary/aromatic N) is 1. The van der Waals surface area contributed by atoms with Gasteiger partial charge in [0.1, 0.15) is 5.25 Å². The molecule has 2 amide bonds. The molecule has 2 aliphatic carbocycles. The topological polar surface area (TPSA) is 122 Å². The molecule has 2 fully saturated rings. The molecule has 0 aromatic heterocycles. The number of anilines is 1. The zero-order chi connectivity index (χ0) is 20.2. The molecular weight excluding hydrogens is 390 g/mol. The molecule has 158 valence electrons. The highest BCUT2D eigenvalue weighted by molar-refractivity contribution is 7.90. The van der Waals surface area contributed by atoms with Crippen molar-refractivity contribution in [2.45, 2.75) is 62.8 Å². The van der Waals surface area contributed by atoms with Gasteiger partial charge >= 0.3 is 6.03 Å². The van der Waals surface area contributed by atoms with E-state index in [0.29, 0.717) is 13.1 Å². The summed E-state index contributed by atoms with van der Waals surface area (Å²) < 4.78 is 27.5. The van der Waals surface area contributed by atoms with Crippen molar-refractivity contribution in [2.24, 2.45) is 0 Å². The lowest BCUT2D eigenvalue weighted by Crippen LogP contribution is -2.58. The lowest BCUT2D eigenvalue weighted by atomic mass is 9.99. The number of hydrogen-bond acceptors (Lipinski definition) is 6. The van der Waals surface area contributed by atoms with Gasteiger partial charge in [0, 0.05) is 25.3 Å². The van der Waals surface area contributed by atoms with Crippen molar-refractivity contribution in [2.75, 3.05) is 25.0 Å². The Morgan fingerprint density at radius 2 is 1.76 bits per heavy atom. The van der Waals surface area contributed by atoms with E-state index in [9.17, 15) is 13.2 Å². The van der Waals surface area contributed by atoms with Gasteiger partial charge in [0.2, 0.25) is 10.0 Å². The van der Waals surface area contributed by atoms with Gasteiger partial charge in [0.15, 0.2) is 0 Å². The second kappa shape index (κ2) is 6.94. The van der Waals surface area contributed by atoms with E-state index in [1.165, 1.54) is 22.3 Å². The van der Waals surface area contributed by atoms with Gasteiger partial charge in [-0.2, -0.15) is 0 Å². The zero-order valence-corrected chi connectivity index (χ0v) is 17.6. The largest absolute Gasteiger partial charge is 0.332 e. The van der Waals surface area contributed by atoms with Crippen LogP contribution >= 0.6 is 0 Å². The third kappa shape index (κ3) is 3.76. The van der Waals surface area contributed by atoms with Gasteiger partial charge in [0.25, 0.3) is 0 Å². The number of hydrazine groups is 1. The summed E-state index contributed by atoms with van der Waals surface area (Å²) in [5, 5.41) is 2.37. The average molecular weight is 420 g/mol. The van der Waals surface area contributed by atoms with Crippen LogP contribution in [-0.2, 0) is 35.7 Å². The molecule has 0 saturated carbocycles. The molecule has 0 atom stereocenters. The van der Waals surface area contributed by atoms with Crippen LogP contribution in [0.25, 0.3) is 0 Å². The maximum atomic E-state index is 12.6. The second-order valence-electron chi connectivity index (χ2n) is 9.05. The van der Waals surface area contributed by atoms with E-state index in [2.05, 4.69) is 38.8 Å². The van der Waals surface area contributed by atoms with Crippen LogP contribution in [0.5, 0.6) is 0 Å². The summed E-state index contributed by atoms with van der Waals surface area (Å²) in [4.78, 5) is 14.7. The molecule has 2 aliphatic heterocycles. The van der Waals surface area contributed by atoms with Crippen molar-refractivity contribution < 1.29 is 13.2 Å². The number of likely N-dealkylation sites (tertiary alicyclic amines) is 1. The van der Waals surface area contributed by atoms with Crippen molar-refractivity contribution in [1.82, 2.24) is 20.5 Å². The van der Waals surface area contributed by atoms with Crippen molar-refractivity contribution in [3.05, 3.63) is 28.3 Å². The second-order valence-corrected chi connectivity index (χ2v) is 11.0. The first-order valence-electron chi connectivity index (χ1n) is 10.6. The molecule has 0 radical (unpaired) electrons. The average Bonchev–Trinajstić information content (AvgIpc) is 3.02. The minimum Gasteiger partial charge on any atom is -0.307 e. The first-order valence-corrected chi connectivity index (χ1v) is 12.1. The number of carbonyl (C=O) groups excluding carboxylic acids is 1. The first-order chi connectivity index (χ1) is 13.8. The molecule has 1 aromatic rings. The van der Waals surface area contributed by atoms with Crippen molar-refractivity contribution in [1.29, 1.82) is 0 Å². The molecule has 2 heterocycles. The van der Waals surface area contributed by atoms with Gasteiger partial charge in [-0.15, -0.1) is 0 Å². The van der Waals surface area contributed by atoms with Crippen molar-refractivity contribution in [3.63, 3.8) is 0 Å². The maximum absolute atomic E-state index is 12.6. The van der Waals surface area contributed by atoms with Crippen LogP contribution in [0.15, 0.2) is 6.07 Å². The van der Waals surface area contributed by atoms with Crippen molar-refractivity contribution in [3.8, 4) is 0 Å². The van der Waals surface area contributed by atoms with Crippen LogP contribution in [0.4, 0.5) is 10.5 Å². The quantitative estimate of drug-likeness (QED) is 0.511. The smallest absolute Gasteiger partial charge is 0.307 e. The molecule has 29 heavy (non-hydrogen) atoms. The Hall–Kier alpha value is -1.68. The molecule has 4 N–H and O–H groups in total. The Morgan fingerprint density at radius 1 is 1.14 bits per heavy atom. The van der Waals surface area contributed by atoms with E-state index < -0.39 is 21.3 Å². The Balaban J connectivity index is 1.20. The van der Waals surface area contributed by atoms with E-state index in [4.69, 9.17) is 0 Å². The molecule has 0 unspecified atom stereocenters. The fraction of sp³-hybridized carbons (Fsp3) is 0.650. The third-order valence-corrected chi connectivity index (χ3v) is 8.43. The molecule has 4 aliphatic rings. The van der Waals surface area contributed by atoms with E-state index in [1.54, 1.807) is 0 Å². The van der Waals surface area contributed by atoms with Gasteiger partial charge < -0.3 is 10.2 Å². The Bertz CT molecular complexity index is 919. The number of aryl methyl sites for hydroxylation is 2. The highest BCUT2D eigenvalue weighted by Gasteiger charge is 2.41. The SMILES string of the molecule is CC1(CCN2CC(S(=O)(=O)NC(=O)Nc3c4c(cc5c3CCC5)CCC4)C2)NN1. The summed E-state index contributed by atoms with van der Waals surface area (Å²) in [6, 6.07) is 1.66. The number of fused-ring (bicyclic) bond motifs is 2. The number of urea groups is 1. The van der Waals surface area contributed by atoms with Crippen LogP contribution in [0.2, 0.25) is 0 Å². The lowest BCUT2D eigenvalue weighted by Gasteiger charge is -2.38. The van der Waals surface area contributed by atoms with Gasteiger partial charge in [-0.3, -0.25) is 0 Å². The van der Waals surface area contributed by atoms with Gasteiger partial charge in [-0.05, 0) is 74.1 Å². The number of nitrogens with one attached hydrogen (secondary N) is 4. The fourth-order valence-electron chi connectivity index (χ4n) is 4.83. The van der Waals surface area contributed by atoms with E-state index in [-0.39, 0.29) is 5.66 Å². The summed E-state index contributed by atoms with van der Waals surface area (Å²) in [6.45, 7) is 3.84. The van der Waals surface area contributed by atoms with Crippen LogP contribution in [0.1, 0.15) is 48.4 Å². The minimum absolute atomic E-state index is 0.0156. The number of hydrogen-bond donors (Lipinski definition) is 4. The molecule has 9 heteroatoms. The number of sulfonamides is 1. The molecular formula is C20H29N5O3S. The summed E-state index contributed by atoms with van der Waals surface area (Å²) in [5.74, 6) is 0. The molecule has 2 saturated heterocycles. The van der Waals surface area contributed by atoms with Crippen LogP contribution < -0.4 is 20.9 Å². The Labute approximate surface area is 171 Å². The van der Waals surface area contributed by atoms with Crippen LogP contribution in [0, 0.1) is 0 Å². The number of rotatable bonds is 6. The van der Waals surface area contributed by atoms with Crippen molar-refractivity contribution >= 4 is 21.7 Å². The Morgan fingerprint density at radius 3 is 2.34 bits per heavy atom. The summed E-state index contributed by atoms with van der Waals surface area (Å²) in [6.07, 6.45) is 7.08. The van der Waals surface area contributed by atoms with Gasteiger partial charge in [-0.25, -0.2) is 28.8 Å². The van der Waals surface area contributed by atoms with E-state index in [0.717, 1.165) is 57.2 Å². The zero-order valence-electron chi connectivity index (χ0n) is 16.8. The lowest BCUT2D eigenvalue weighted by molar-refractivity contribution is 0.176. The summed E-state index contributed by atoms with van der Waals surface area (Å²) in [7, 11) is -3.68. The molecule has 0 bridgehead atoms. The third-order valence-electron chi connectivity index (χ3n) is 6.79. The number of carbonyl (C=O) groups is 1. The fourth-order valence-corrected chi connectivity index (χ4v) is 6.12. The highest BCUT2D eigenvalue weighted by atomic mass is 32.2. The molecule has 0 spiro atoms. The predicted molar refractivity (Wildman–Crippen MR) is 111 cm³/mol. The monoisotopic (exact) mass is 419 g/mol. The molecule has 5 rings (SSSR count). The predicted octanol–water partition coefficient (Wildman–Crippen LogP) is 1.01. The first kappa shape index (κ1) is 19.3. The van der Waals surface area contributed by atoms with Crippen LogP contribution in [-0.4, -0.2) is 49.9 Å². The summed E-state index contributed by atoms with van der Waals surface area (Å²) >= 11 is 0.